The van der Waals surface area contributed by atoms with E-state index in [0.717, 1.165) is 5.02 Å². The number of fused-ring (bicyclic) bond motifs is 1. The fraction of sp³-hybridized carbons (Fsp3) is 0.435. The normalized spacial score (nSPS) is 21.4. The maximum atomic E-state index is 8.36. The van der Waals surface area contributed by atoms with Crippen molar-refractivity contribution in [3.05, 3.63) is 58.1 Å². The molecule has 1 heterocycles. The first kappa shape index (κ1) is 18.5. The van der Waals surface area contributed by atoms with Crippen molar-refractivity contribution in [1.29, 1.82) is 0 Å². The third-order valence-electron chi connectivity index (χ3n) is 6.12. The van der Waals surface area contributed by atoms with Crippen LogP contribution >= 0.6 is 11.6 Å². The van der Waals surface area contributed by atoms with Crippen molar-refractivity contribution in [2.24, 2.45) is 0 Å². The van der Waals surface area contributed by atoms with E-state index in [1.54, 1.807) is 11.1 Å². The monoisotopic (exact) mass is 383 g/mol. The number of hydrogen-bond donors (Lipinski definition) is 1. The van der Waals surface area contributed by atoms with Crippen molar-refractivity contribution in [1.82, 2.24) is 4.90 Å². The Balaban J connectivity index is 0.000000565. The Bertz CT molecular complexity index is 825. The number of rotatable bonds is 3. The molecule has 142 valence electrons. The second kappa shape index (κ2) is 8.04. The molecular weight excluding hydrogens is 358 g/mol. The standard InChI is InChI=1S/C22H24ClN.CH2O2/c23-21-14-17(5-8-19(21)15-3-4-15)16-6-9-20-18(13-16)7-10-22(20)24-11-1-2-12-24;2-1-3/h5-6,8-9,13-15,22H,1-4,7,10-12H2;1H,(H,2,3). The van der Waals surface area contributed by atoms with Crippen LogP contribution in [0.5, 0.6) is 0 Å². The molecule has 4 heteroatoms. The molecule has 1 saturated heterocycles. The van der Waals surface area contributed by atoms with Crippen molar-refractivity contribution in [3.8, 4) is 11.1 Å². The van der Waals surface area contributed by atoms with E-state index in [9.17, 15) is 0 Å². The quantitative estimate of drug-likeness (QED) is 0.694. The average Bonchev–Trinajstić information content (AvgIpc) is 3.19. The van der Waals surface area contributed by atoms with E-state index in [1.165, 1.54) is 68.3 Å². The Hall–Kier alpha value is -1.84. The van der Waals surface area contributed by atoms with Crippen LogP contribution in [-0.4, -0.2) is 29.6 Å². The third kappa shape index (κ3) is 3.90. The lowest BCUT2D eigenvalue weighted by Crippen LogP contribution is -2.23. The van der Waals surface area contributed by atoms with Gasteiger partial charge in [0.2, 0.25) is 0 Å². The lowest BCUT2D eigenvalue weighted by Gasteiger charge is -2.24. The summed E-state index contributed by atoms with van der Waals surface area (Å²) < 4.78 is 0. The number of benzene rings is 2. The van der Waals surface area contributed by atoms with Crippen LogP contribution in [0.2, 0.25) is 5.02 Å². The summed E-state index contributed by atoms with van der Waals surface area (Å²) in [6, 6.07) is 14.4. The summed E-state index contributed by atoms with van der Waals surface area (Å²) in [6.45, 7) is 2.31. The molecule has 1 atom stereocenters. The number of aryl methyl sites for hydroxylation is 1. The van der Waals surface area contributed by atoms with Crippen molar-refractivity contribution >= 4 is 18.1 Å². The van der Waals surface area contributed by atoms with Crippen molar-refractivity contribution in [2.45, 2.75) is 50.5 Å². The zero-order valence-electron chi connectivity index (χ0n) is 15.5. The minimum absolute atomic E-state index is 0.250. The van der Waals surface area contributed by atoms with E-state index < -0.39 is 0 Å². The summed E-state index contributed by atoms with van der Waals surface area (Å²) in [6.07, 6.45) is 7.86. The van der Waals surface area contributed by atoms with Crippen LogP contribution in [0.3, 0.4) is 0 Å². The lowest BCUT2D eigenvalue weighted by atomic mass is 9.98. The maximum absolute atomic E-state index is 8.36. The molecule has 1 aliphatic heterocycles. The Labute approximate surface area is 166 Å². The molecule has 1 N–H and O–H groups in total. The largest absolute Gasteiger partial charge is 0.483 e. The van der Waals surface area contributed by atoms with Crippen LogP contribution < -0.4 is 0 Å². The predicted octanol–water partition coefficient (Wildman–Crippen LogP) is 5.67. The van der Waals surface area contributed by atoms with Gasteiger partial charge in [0.05, 0.1) is 0 Å². The van der Waals surface area contributed by atoms with Gasteiger partial charge < -0.3 is 5.11 Å². The molecule has 0 radical (unpaired) electrons. The summed E-state index contributed by atoms with van der Waals surface area (Å²) in [5.41, 5.74) is 7.04. The second-order valence-electron chi connectivity index (χ2n) is 7.83. The summed E-state index contributed by atoms with van der Waals surface area (Å²) >= 11 is 6.53. The highest BCUT2D eigenvalue weighted by molar-refractivity contribution is 6.31. The van der Waals surface area contributed by atoms with Crippen molar-refractivity contribution < 1.29 is 9.90 Å². The smallest absolute Gasteiger partial charge is 0.290 e. The highest BCUT2D eigenvalue weighted by Gasteiger charge is 2.30. The zero-order valence-corrected chi connectivity index (χ0v) is 16.3. The van der Waals surface area contributed by atoms with Crippen LogP contribution in [0, 0.1) is 0 Å². The molecule has 0 aromatic heterocycles. The average molecular weight is 384 g/mol. The molecule has 2 aliphatic carbocycles. The molecule has 2 aromatic carbocycles. The van der Waals surface area contributed by atoms with E-state index >= 15 is 0 Å². The molecule has 5 rings (SSSR count). The molecule has 27 heavy (non-hydrogen) atoms. The number of hydrogen-bond acceptors (Lipinski definition) is 2. The summed E-state index contributed by atoms with van der Waals surface area (Å²) in [5.74, 6) is 0.716. The van der Waals surface area contributed by atoms with Gasteiger partial charge in [-0.1, -0.05) is 41.9 Å². The second-order valence-corrected chi connectivity index (χ2v) is 8.23. The van der Waals surface area contributed by atoms with E-state index in [4.69, 9.17) is 21.5 Å². The lowest BCUT2D eigenvalue weighted by molar-refractivity contribution is -0.122. The Morgan fingerprint density at radius 1 is 0.963 bits per heavy atom. The topological polar surface area (TPSA) is 40.5 Å². The third-order valence-corrected chi connectivity index (χ3v) is 6.45. The van der Waals surface area contributed by atoms with Crippen LogP contribution in [0.15, 0.2) is 36.4 Å². The number of halogens is 1. The Kier molecular flexibility index (Phi) is 5.51. The van der Waals surface area contributed by atoms with Gasteiger partial charge in [-0.2, -0.15) is 0 Å². The van der Waals surface area contributed by atoms with E-state index in [-0.39, 0.29) is 6.47 Å². The van der Waals surface area contributed by atoms with Gasteiger partial charge >= 0.3 is 0 Å². The van der Waals surface area contributed by atoms with Gasteiger partial charge in [-0.15, -0.1) is 0 Å². The number of carbonyl (C=O) groups is 1. The van der Waals surface area contributed by atoms with Gasteiger partial charge in [0.15, 0.2) is 0 Å². The van der Waals surface area contributed by atoms with Gasteiger partial charge in [-0.3, -0.25) is 9.69 Å². The summed E-state index contributed by atoms with van der Waals surface area (Å²) in [4.78, 5) is 11.0. The molecule has 1 unspecified atom stereocenters. The highest BCUT2D eigenvalue weighted by Crippen LogP contribution is 2.44. The first-order chi connectivity index (χ1) is 13.2. The first-order valence-corrected chi connectivity index (χ1v) is 10.3. The molecule has 0 spiro atoms. The molecular formula is C23H26ClNO2. The Morgan fingerprint density at radius 3 is 2.22 bits per heavy atom. The minimum atomic E-state index is -0.250. The molecule has 0 bridgehead atoms. The van der Waals surface area contributed by atoms with Crippen molar-refractivity contribution in [2.75, 3.05) is 13.1 Å². The number of likely N-dealkylation sites (tertiary alicyclic amines) is 1. The summed E-state index contributed by atoms with van der Waals surface area (Å²) in [5, 5.41) is 7.84. The van der Waals surface area contributed by atoms with Gasteiger partial charge in [-0.25, -0.2) is 0 Å². The molecule has 0 amide bonds. The van der Waals surface area contributed by atoms with Gasteiger partial charge in [0.1, 0.15) is 0 Å². The molecule has 3 nitrogen and oxygen atoms in total. The first-order valence-electron chi connectivity index (χ1n) is 9.96. The van der Waals surface area contributed by atoms with E-state index in [2.05, 4.69) is 41.3 Å². The maximum Gasteiger partial charge on any atom is 0.290 e. The number of carboxylic acid groups (broad SMARTS) is 1. The molecule has 2 aromatic rings. The predicted molar refractivity (Wildman–Crippen MR) is 109 cm³/mol. The van der Waals surface area contributed by atoms with Gasteiger partial charge in [-0.05, 0) is 91.4 Å². The SMILES string of the molecule is Clc1cc(-c2ccc3c(c2)CCC3N2CCCC2)ccc1C1CC1.O=CO. The highest BCUT2D eigenvalue weighted by atomic mass is 35.5. The summed E-state index contributed by atoms with van der Waals surface area (Å²) in [7, 11) is 0. The van der Waals surface area contributed by atoms with Crippen molar-refractivity contribution in [3.63, 3.8) is 0 Å². The minimum Gasteiger partial charge on any atom is -0.483 e. The fourth-order valence-electron chi connectivity index (χ4n) is 4.64. The molecule has 3 aliphatic rings. The molecule has 1 saturated carbocycles. The van der Waals surface area contributed by atoms with E-state index in [0.29, 0.717) is 12.0 Å². The van der Waals surface area contributed by atoms with Crippen LogP contribution in [0.4, 0.5) is 0 Å². The van der Waals surface area contributed by atoms with E-state index in [1.807, 2.05) is 0 Å². The van der Waals surface area contributed by atoms with Crippen LogP contribution in [0.1, 0.15) is 60.8 Å². The van der Waals surface area contributed by atoms with Gasteiger partial charge in [0.25, 0.3) is 6.47 Å². The zero-order chi connectivity index (χ0) is 18.8. The molecule has 2 fully saturated rings. The number of nitrogens with zero attached hydrogens (tertiary/aromatic N) is 1. The fourth-order valence-corrected chi connectivity index (χ4v) is 4.97. The van der Waals surface area contributed by atoms with Gasteiger partial charge in [0, 0.05) is 11.1 Å². The van der Waals surface area contributed by atoms with Crippen LogP contribution in [0.25, 0.3) is 11.1 Å². The van der Waals surface area contributed by atoms with Crippen LogP contribution in [-0.2, 0) is 11.2 Å². The Morgan fingerprint density at radius 2 is 1.59 bits per heavy atom.